The van der Waals surface area contributed by atoms with E-state index in [1.807, 2.05) is 30.3 Å². The number of hydrogen-bond acceptors (Lipinski definition) is 3. The standard InChI is InChI=1S/C15H12O3/c1-11(17)18-15-7-5-13(6-8-15)14-4-2-3-12(9-14)10-16/h2-10H,1H3. The minimum atomic E-state index is -0.342. The molecule has 0 heterocycles. The summed E-state index contributed by atoms with van der Waals surface area (Å²) >= 11 is 0. The van der Waals surface area contributed by atoms with Gasteiger partial charge in [0.25, 0.3) is 0 Å². The second-order valence-corrected chi connectivity index (χ2v) is 3.86. The Morgan fingerprint density at radius 1 is 1.06 bits per heavy atom. The van der Waals surface area contributed by atoms with E-state index in [-0.39, 0.29) is 5.97 Å². The Kier molecular flexibility index (Phi) is 3.53. The first kappa shape index (κ1) is 12.0. The lowest BCUT2D eigenvalue weighted by atomic mass is 10.0. The van der Waals surface area contributed by atoms with Crippen LogP contribution < -0.4 is 4.74 Å². The molecule has 0 aliphatic heterocycles. The highest BCUT2D eigenvalue weighted by Crippen LogP contribution is 2.23. The molecule has 0 spiro atoms. The molecule has 0 aliphatic rings. The van der Waals surface area contributed by atoms with E-state index in [1.165, 1.54) is 6.92 Å². The smallest absolute Gasteiger partial charge is 0.308 e. The van der Waals surface area contributed by atoms with Crippen molar-refractivity contribution in [1.29, 1.82) is 0 Å². The van der Waals surface area contributed by atoms with E-state index in [0.29, 0.717) is 11.3 Å². The summed E-state index contributed by atoms with van der Waals surface area (Å²) in [6.45, 7) is 1.36. The average molecular weight is 240 g/mol. The Bertz CT molecular complexity index is 571. The molecule has 18 heavy (non-hydrogen) atoms. The Morgan fingerprint density at radius 3 is 2.39 bits per heavy atom. The maximum absolute atomic E-state index is 10.8. The van der Waals surface area contributed by atoms with Crippen LogP contribution in [0.4, 0.5) is 0 Å². The van der Waals surface area contributed by atoms with Crippen molar-refractivity contribution in [2.24, 2.45) is 0 Å². The van der Waals surface area contributed by atoms with E-state index in [2.05, 4.69) is 0 Å². The van der Waals surface area contributed by atoms with Crippen LogP contribution in [0.25, 0.3) is 11.1 Å². The van der Waals surface area contributed by atoms with Crippen molar-refractivity contribution in [3.63, 3.8) is 0 Å². The van der Waals surface area contributed by atoms with Crippen molar-refractivity contribution >= 4 is 12.3 Å². The molecule has 0 aromatic heterocycles. The SMILES string of the molecule is CC(=O)Oc1ccc(-c2cccc(C=O)c2)cc1. The molecule has 3 nitrogen and oxygen atoms in total. The van der Waals surface area contributed by atoms with Crippen LogP contribution in [-0.2, 0) is 4.79 Å². The maximum atomic E-state index is 10.8. The molecule has 2 rings (SSSR count). The largest absolute Gasteiger partial charge is 0.427 e. The summed E-state index contributed by atoms with van der Waals surface area (Å²) in [4.78, 5) is 21.5. The normalized spacial score (nSPS) is 9.83. The molecule has 0 unspecified atom stereocenters. The van der Waals surface area contributed by atoms with Crippen LogP contribution in [0.15, 0.2) is 48.5 Å². The average Bonchev–Trinajstić information content (AvgIpc) is 2.39. The fourth-order valence-corrected chi connectivity index (χ4v) is 1.67. The molecule has 0 saturated carbocycles. The van der Waals surface area contributed by atoms with Crippen LogP contribution in [0, 0.1) is 0 Å². The van der Waals surface area contributed by atoms with Gasteiger partial charge >= 0.3 is 5.97 Å². The molecule has 90 valence electrons. The Hall–Kier alpha value is -2.42. The lowest BCUT2D eigenvalue weighted by Gasteiger charge is -2.04. The van der Waals surface area contributed by atoms with Gasteiger partial charge in [-0.05, 0) is 29.3 Å². The van der Waals surface area contributed by atoms with Crippen molar-refractivity contribution in [3.05, 3.63) is 54.1 Å². The highest BCUT2D eigenvalue weighted by molar-refractivity contribution is 5.79. The van der Waals surface area contributed by atoms with Gasteiger partial charge in [0.15, 0.2) is 0 Å². The first-order valence-corrected chi connectivity index (χ1v) is 5.53. The Morgan fingerprint density at radius 2 is 1.78 bits per heavy atom. The third kappa shape index (κ3) is 2.83. The summed E-state index contributed by atoms with van der Waals surface area (Å²) in [6, 6.07) is 14.5. The fourth-order valence-electron chi connectivity index (χ4n) is 1.67. The number of carbonyl (C=O) groups is 2. The zero-order valence-electron chi connectivity index (χ0n) is 9.92. The predicted molar refractivity (Wildman–Crippen MR) is 68.6 cm³/mol. The van der Waals surface area contributed by atoms with Crippen molar-refractivity contribution in [2.45, 2.75) is 6.92 Å². The van der Waals surface area contributed by atoms with Gasteiger partial charge in [-0.15, -0.1) is 0 Å². The molecular weight excluding hydrogens is 228 g/mol. The van der Waals surface area contributed by atoms with Crippen LogP contribution in [0.1, 0.15) is 17.3 Å². The van der Waals surface area contributed by atoms with Crippen LogP contribution in [0.2, 0.25) is 0 Å². The molecule has 3 heteroatoms. The number of ether oxygens (including phenoxy) is 1. The minimum absolute atomic E-state index is 0.342. The second-order valence-electron chi connectivity index (χ2n) is 3.86. The lowest BCUT2D eigenvalue weighted by molar-refractivity contribution is -0.131. The summed E-state index contributed by atoms with van der Waals surface area (Å²) < 4.78 is 4.95. The molecule has 0 saturated heterocycles. The third-order valence-corrected chi connectivity index (χ3v) is 2.47. The highest BCUT2D eigenvalue weighted by Gasteiger charge is 2.01. The van der Waals surface area contributed by atoms with Crippen molar-refractivity contribution in [2.75, 3.05) is 0 Å². The number of rotatable bonds is 3. The van der Waals surface area contributed by atoms with Gasteiger partial charge in [0, 0.05) is 12.5 Å². The van der Waals surface area contributed by atoms with E-state index in [9.17, 15) is 9.59 Å². The van der Waals surface area contributed by atoms with Gasteiger partial charge in [-0.25, -0.2) is 0 Å². The molecule has 0 aliphatic carbocycles. The highest BCUT2D eigenvalue weighted by atomic mass is 16.5. The minimum Gasteiger partial charge on any atom is -0.427 e. The monoisotopic (exact) mass is 240 g/mol. The van der Waals surface area contributed by atoms with Gasteiger partial charge in [-0.2, -0.15) is 0 Å². The molecule has 0 fully saturated rings. The summed E-state index contributed by atoms with van der Waals surface area (Å²) in [5.41, 5.74) is 2.56. The van der Waals surface area contributed by atoms with Crippen LogP contribution >= 0.6 is 0 Å². The van der Waals surface area contributed by atoms with Gasteiger partial charge in [0.2, 0.25) is 0 Å². The van der Waals surface area contributed by atoms with Crippen molar-refractivity contribution in [1.82, 2.24) is 0 Å². The second kappa shape index (κ2) is 5.27. The lowest BCUT2D eigenvalue weighted by Crippen LogP contribution is -2.00. The summed E-state index contributed by atoms with van der Waals surface area (Å²) in [7, 11) is 0. The maximum Gasteiger partial charge on any atom is 0.308 e. The van der Waals surface area contributed by atoms with Gasteiger partial charge in [0.1, 0.15) is 12.0 Å². The van der Waals surface area contributed by atoms with Crippen molar-refractivity contribution in [3.8, 4) is 16.9 Å². The Labute approximate surface area is 105 Å². The van der Waals surface area contributed by atoms with E-state index in [0.717, 1.165) is 17.4 Å². The number of aldehydes is 1. The van der Waals surface area contributed by atoms with E-state index >= 15 is 0 Å². The summed E-state index contributed by atoms with van der Waals surface area (Å²) in [5, 5.41) is 0. The van der Waals surface area contributed by atoms with Gasteiger partial charge in [-0.3, -0.25) is 9.59 Å². The van der Waals surface area contributed by atoms with Gasteiger partial charge in [0.05, 0.1) is 0 Å². The topological polar surface area (TPSA) is 43.4 Å². The molecule has 0 N–H and O–H groups in total. The number of hydrogen-bond donors (Lipinski definition) is 0. The zero-order chi connectivity index (χ0) is 13.0. The van der Waals surface area contributed by atoms with Crippen LogP contribution in [0.5, 0.6) is 5.75 Å². The molecule has 0 radical (unpaired) electrons. The number of esters is 1. The van der Waals surface area contributed by atoms with Gasteiger partial charge in [-0.1, -0.05) is 30.3 Å². The number of benzene rings is 2. The first-order chi connectivity index (χ1) is 8.69. The van der Waals surface area contributed by atoms with Crippen LogP contribution in [-0.4, -0.2) is 12.3 Å². The van der Waals surface area contributed by atoms with Crippen LogP contribution in [0.3, 0.4) is 0 Å². The Balaban J connectivity index is 2.28. The molecule has 2 aromatic carbocycles. The van der Waals surface area contributed by atoms with E-state index in [1.54, 1.807) is 18.2 Å². The molecule has 0 amide bonds. The first-order valence-electron chi connectivity index (χ1n) is 5.53. The zero-order valence-corrected chi connectivity index (χ0v) is 9.92. The molecule has 0 bridgehead atoms. The molecule has 2 aromatic rings. The van der Waals surface area contributed by atoms with Gasteiger partial charge < -0.3 is 4.74 Å². The quantitative estimate of drug-likeness (QED) is 0.470. The summed E-state index contributed by atoms with van der Waals surface area (Å²) in [6.07, 6.45) is 0.816. The predicted octanol–water partition coefficient (Wildman–Crippen LogP) is 3.09. The van der Waals surface area contributed by atoms with E-state index < -0.39 is 0 Å². The van der Waals surface area contributed by atoms with E-state index in [4.69, 9.17) is 4.74 Å². The molecule has 0 atom stereocenters. The third-order valence-electron chi connectivity index (χ3n) is 2.47. The summed E-state index contributed by atoms with van der Waals surface area (Å²) in [5.74, 6) is 0.170. The van der Waals surface area contributed by atoms with Crippen molar-refractivity contribution < 1.29 is 14.3 Å². The number of carbonyl (C=O) groups excluding carboxylic acids is 2. The fraction of sp³-hybridized carbons (Fsp3) is 0.0667. The molecular formula is C15H12O3.